The van der Waals surface area contributed by atoms with Crippen LogP contribution in [-0.2, 0) is 4.74 Å². The van der Waals surface area contributed by atoms with Gasteiger partial charge in [-0.1, -0.05) is 30.1 Å². The molecule has 4 atom stereocenters. The SMILES string of the molecule is C=C(C)C#CC1=C[C@@H](O)[C@@H]2O[C@]2(C/C=C(/C)CO)[C@@H]1O. The largest absolute Gasteiger partial charge is 0.392 e. The fraction of sp³-hybridized carbons (Fsp3) is 0.500. The van der Waals surface area contributed by atoms with Crippen LogP contribution in [0.4, 0.5) is 0 Å². The number of aliphatic hydroxyl groups is 3. The van der Waals surface area contributed by atoms with Gasteiger partial charge in [0.15, 0.2) is 0 Å². The minimum atomic E-state index is -0.870. The molecule has 0 unspecified atom stereocenters. The maximum Gasteiger partial charge on any atom is 0.132 e. The molecule has 108 valence electrons. The van der Waals surface area contributed by atoms with Crippen LogP contribution in [0.2, 0.25) is 0 Å². The number of aliphatic hydroxyl groups excluding tert-OH is 3. The topological polar surface area (TPSA) is 73.2 Å². The molecule has 1 heterocycles. The van der Waals surface area contributed by atoms with Crippen LogP contribution in [0.15, 0.2) is 35.5 Å². The number of ether oxygens (including phenoxy) is 1. The molecule has 0 aromatic heterocycles. The second kappa shape index (κ2) is 5.55. The molecule has 2 rings (SSSR count). The Morgan fingerprint density at radius 3 is 2.80 bits per heavy atom. The third kappa shape index (κ3) is 2.72. The summed E-state index contributed by atoms with van der Waals surface area (Å²) in [6.07, 6.45) is 1.76. The summed E-state index contributed by atoms with van der Waals surface area (Å²) in [5.41, 5.74) is 1.14. The van der Waals surface area contributed by atoms with Crippen molar-refractivity contribution in [3.8, 4) is 11.8 Å². The predicted molar refractivity (Wildman–Crippen MR) is 75.8 cm³/mol. The van der Waals surface area contributed by atoms with Crippen molar-refractivity contribution in [1.29, 1.82) is 0 Å². The van der Waals surface area contributed by atoms with Crippen molar-refractivity contribution >= 4 is 0 Å². The Morgan fingerprint density at radius 2 is 2.20 bits per heavy atom. The minimum absolute atomic E-state index is 0.0302. The van der Waals surface area contributed by atoms with Gasteiger partial charge < -0.3 is 20.1 Å². The van der Waals surface area contributed by atoms with E-state index in [4.69, 9.17) is 9.84 Å². The minimum Gasteiger partial charge on any atom is -0.392 e. The molecule has 1 saturated heterocycles. The van der Waals surface area contributed by atoms with Gasteiger partial charge in [-0.15, -0.1) is 0 Å². The molecule has 0 aromatic carbocycles. The highest BCUT2D eigenvalue weighted by Crippen LogP contribution is 2.50. The van der Waals surface area contributed by atoms with Gasteiger partial charge in [-0.3, -0.25) is 0 Å². The van der Waals surface area contributed by atoms with Crippen molar-refractivity contribution in [2.24, 2.45) is 0 Å². The molecule has 4 nitrogen and oxygen atoms in total. The number of hydrogen-bond acceptors (Lipinski definition) is 4. The lowest BCUT2D eigenvalue weighted by atomic mass is 9.82. The van der Waals surface area contributed by atoms with Crippen molar-refractivity contribution in [3.05, 3.63) is 35.5 Å². The molecule has 1 aliphatic carbocycles. The van der Waals surface area contributed by atoms with Crippen molar-refractivity contribution in [2.75, 3.05) is 6.61 Å². The zero-order valence-electron chi connectivity index (χ0n) is 11.8. The van der Waals surface area contributed by atoms with Crippen LogP contribution in [0.5, 0.6) is 0 Å². The summed E-state index contributed by atoms with van der Waals surface area (Å²) in [5.74, 6) is 5.64. The second-order valence-electron chi connectivity index (χ2n) is 5.45. The van der Waals surface area contributed by atoms with Gasteiger partial charge in [-0.25, -0.2) is 0 Å². The Labute approximate surface area is 119 Å². The van der Waals surface area contributed by atoms with Gasteiger partial charge in [-0.2, -0.15) is 0 Å². The van der Waals surface area contributed by atoms with Crippen LogP contribution in [0.25, 0.3) is 0 Å². The predicted octanol–water partition coefficient (Wildman–Crippen LogP) is 0.694. The maximum absolute atomic E-state index is 10.4. The average molecular weight is 276 g/mol. The number of epoxide rings is 1. The Bertz CT molecular complexity index is 534. The molecule has 1 fully saturated rings. The van der Waals surface area contributed by atoms with E-state index in [9.17, 15) is 10.2 Å². The first-order chi connectivity index (χ1) is 9.40. The molecular weight excluding hydrogens is 256 g/mol. The summed E-state index contributed by atoms with van der Waals surface area (Å²) < 4.78 is 5.55. The number of allylic oxidation sites excluding steroid dienone is 1. The number of fused-ring (bicyclic) bond motifs is 1. The van der Waals surface area contributed by atoms with Crippen LogP contribution < -0.4 is 0 Å². The Morgan fingerprint density at radius 1 is 1.50 bits per heavy atom. The van der Waals surface area contributed by atoms with Crippen molar-refractivity contribution in [2.45, 2.75) is 44.2 Å². The lowest BCUT2D eigenvalue weighted by Gasteiger charge is -2.24. The summed E-state index contributed by atoms with van der Waals surface area (Å²) in [4.78, 5) is 0. The average Bonchev–Trinajstić information content (AvgIpc) is 3.15. The van der Waals surface area contributed by atoms with E-state index >= 15 is 0 Å². The highest BCUT2D eigenvalue weighted by Gasteiger charge is 2.65. The van der Waals surface area contributed by atoms with E-state index in [1.54, 1.807) is 19.9 Å². The van der Waals surface area contributed by atoms with Crippen molar-refractivity contribution in [1.82, 2.24) is 0 Å². The first-order valence-electron chi connectivity index (χ1n) is 6.60. The Hall–Kier alpha value is -1.38. The molecular formula is C16H20O4. The normalized spacial score (nSPS) is 35.5. The molecule has 0 spiro atoms. The first kappa shape index (κ1) is 15.0. The van der Waals surface area contributed by atoms with E-state index in [0.717, 1.165) is 5.57 Å². The molecule has 0 amide bonds. The highest BCUT2D eigenvalue weighted by molar-refractivity contribution is 5.45. The Kier molecular flexibility index (Phi) is 4.17. The molecule has 3 N–H and O–H groups in total. The van der Waals surface area contributed by atoms with Gasteiger partial charge in [0.1, 0.15) is 23.9 Å². The number of rotatable bonds is 3. The third-order valence-electron chi connectivity index (χ3n) is 3.63. The molecule has 2 aliphatic rings. The molecule has 0 radical (unpaired) electrons. The zero-order valence-corrected chi connectivity index (χ0v) is 11.8. The summed E-state index contributed by atoms with van der Waals surface area (Å²) in [6.45, 7) is 7.24. The van der Waals surface area contributed by atoms with Gasteiger partial charge in [0, 0.05) is 12.0 Å². The van der Waals surface area contributed by atoms with Crippen molar-refractivity contribution in [3.63, 3.8) is 0 Å². The molecule has 1 aliphatic heterocycles. The molecule has 20 heavy (non-hydrogen) atoms. The summed E-state index contributed by atoms with van der Waals surface area (Å²) >= 11 is 0. The third-order valence-corrected chi connectivity index (χ3v) is 3.63. The zero-order chi connectivity index (χ0) is 14.9. The van der Waals surface area contributed by atoms with Gasteiger partial charge in [0.05, 0.1) is 6.61 Å². The quantitative estimate of drug-likeness (QED) is 0.403. The first-order valence-corrected chi connectivity index (χ1v) is 6.60. The van der Waals surface area contributed by atoms with Gasteiger partial charge >= 0.3 is 0 Å². The molecule has 0 aromatic rings. The van der Waals surface area contributed by atoms with Crippen LogP contribution >= 0.6 is 0 Å². The van der Waals surface area contributed by atoms with E-state index in [2.05, 4.69) is 18.4 Å². The van der Waals surface area contributed by atoms with Gasteiger partial charge in [-0.05, 0) is 25.5 Å². The summed E-state index contributed by atoms with van der Waals surface area (Å²) in [5, 5.41) is 29.4. The summed E-state index contributed by atoms with van der Waals surface area (Å²) in [6, 6.07) is 0. The molecule has 4 heteroatoms. The summed E-state index contributed by atoms with van der Waals surface area (Å²) in [7, 11) is 0. The number of hydrogen-bond donors (Lipinski definition) is 3. The lowest BCUT2D eigenvalue weighted by Crippen LogP contribution is -2.40. The van der Waals surface area contributed by atoms with Crippen molar-refractivity contribution < 1.29 is 20.1 Å². The molecule has 0 bridgehead atoms. The monoisotopic (exact) mass is 276 g/mol. The fourth-order valence-electron chi connectivity index (χ4n) is 2.37. The van der Waals surface area contributed by atoms with Gasteiger partial charge in [0.2, 0.25) is 0 Å². The van der Waals surface area contributed by atoms with Gasteiger partial charge in [0.25, 0.3) is 0 Å². The van der Waals surface area contributed by atoms with E-state index in [1.165, 1.54) is 0 Å². The van der Waals surface area contributed by atoms with E-state index in [0.29, 0.717) is 17.6 Å². The van der Waals surface area contributed by atoms with Crippen LogP contribution in [0.3, 0.4) is 0 Å². The van der Waals surface area contributed by atoms with E-state index in [-0.39, 0.29) is 6.61 Å². The maximum atomic E-state index is 10.4. The fourth-order valence-corrected chi connectivity index (χ4v) is 2.37. The smallest absolute Gasteiger partial charge is 0.132 e. The van der Waals surface area contributed by atoms with Crippen LogP contribution in [-0.4, -0.2) is 45.8 Å². The molecule has 0 saturated carbocycles. The van der Waals surface area contributed by atoms with Crippen LogP contribution in [0, 0.1) is 11.8 Å². The van der Waals surface area contributed by atoms with E-state index < -0.39 is 23.9 Å². The lowest BCUT2D eigenvalue weighted by molar-refractivity contribution is 0.106. The van der Waals surface area contributed by atoms with E-state index in [1.807, 2.05) is 6.08 Å². The standard InChI is InChI=1S/C16H20O4/c1-10(2)4-5-12-8-13(18)15-16(20-15,14(12)19)7-6-11(3)9-17/h6,8,13-15,17-19H,1,7,9H2,2-3H3/b11-6-/t13-,14-,15+,16-/m1/s1. The van der Waals surface area contributed by atoms with Crippen LogP contribution in [0.1, 0.15) is 20.3 Å². The Balaban J connectivity index is 2.21. The second-order valence-corrected chi connectivity index (χ2v) is 5.45. The highest BCUT2D eigenvalue weighted by atomic mass is 16.6.